The number of hydrazine groups is 1. The molecule has 1 amide bonds. The maximum absolute atomic E-state index is 12.8. The van der Waals surface area contributed by atoms with Crippen molar-refractivity contribution in [1.82, 2.24) is 20.7 Å². The topological polar surface area (TPSA) is 56.8 Å². The van der Waals surface area contributed by atoms with Crippen LogP contribution in [0.25, 0.3) is 0 Å². The van der Waals surface area contributed by atoms with Crippen LogP contribution >= 0.6 is 0 Å². The van der Waals surface area contributed by atoms with Crippen LogP contribution in [0.5, 0.6) is 0 Å². The van der Waals surface area contributed by atoms with E-state index in [0.29, 0.717) is 38.4 Å². The van der Waals surface area contributed by atoms with Crippen molar-refractivity contribution in [3.63, 3.8) is 0 Å². The highest BCUT2D eigenvalue weighted by Crippen LogP contribution is 2.24. The number of rotatable bonds is 5. The minimum absolute atomic E-state index is 0.106. The number of morpholine rings is 1. The summed E-state index contributed by atoms with van der Waals surface area (Å²) in [4.78, 5) is 17.4. The van der Waals surface area contributed by atoms with Gasteiger partial charge in [-0.2, -0.15) is 0 Å². The first-order chi connectivity index (χ1) is 13.3. The second-order valence-electron chi connectivity index (χ2n) is 7.96. The van der Waals surface area contributed by atoms with Crippen LogP contribution in [-0.2, 0) is 16.0 Å². The molecule has 0 bridgehead atoms. The maximum Gasteiger partial charge on any atom is 0.241 e. The molecule has 0 aliphatic carbocycles. The first kappa shape index (κ1) is 18.9. The number of hydrogen-bond acceptors (Lipinski definition) is 5. The molecule has 27 heavy (non-hydrogen) atoms. The highest BCUT2D eigenvalue weighted by molar-refractivity contribution is 5.82. The molecule has 1 aromatic rings. The molecule has 0 spiro atoms. The summed E-state index contributed by atoms with van der Waals surface area (Å²) >= 11 is 0. The van der Waals surface area contributed by atoms with E-state index in [0.717, 1.165) is 25.9 Å². The predicted molar refractivity (Wildman–Crippen MR) is 105 cm³/mol. The van der Waals surface area contributed by atoms with Gasteiger partial charge in [0, 0.05) is 31.7 Å². The lowest BCUT2D eigenvalue weighted by Crippen LogP contribution is -2.52. The lowest BCUT2D eigenvalue weighted by molar-refractivity contribution is -0.137. The van der Waals surface area contributed by atoms with Gasteiger partial charge in [-0.3, -0.25) is 15.1 Å². The second kappa shape index (κ2) is 9.15. The Labute approximate surface area is 162 Å². The Morgan fingerprint density at radius 2 is 1.89 bits per heavy atom. The molecule has 148 valence electrons. The first-order valence-corrected chi connectivity index (χ1v) is 10.5. The van der Waals surface area contributed by atoms with Crippen LogP contribution in [0, 0.1) is 0 Å². The van der Waals surface area contributed by atoms with Crippen LogP contribution in [-0.4, -0.2) is 73.2 Å². The number of piperidine rings is 1. The molecule has 3 aliphatic rings. The van der Waals surface area contributed by atoms with Gasteiger partial charge in [-0.25, -0.2) is 5.43 Å². The highest BCUT2D eigenvalue weighted by atomic mass is 16.5. The van der Waals surface area contributed by atoms with Gasteiger partial charge in [0.1, 0.15) is 6.04 Å². The van der Waals surface area contributed by atoms with E-state index >= 15 is 0 Å². The summed E-state index contributed by atoms with van der Waals surface area (Å²) < 4.78 is 5.37. The van der Waals surface area contributed by atoms with E-state index in [1.807, 2.05) is 4.90 Å². The summed E-state index contributed by atoms with van der Waals surface area (Å²) in [5.41, 5.74) is 8.14. The van der Waals surface area contributed by atoms with Gasteiger partial charge in [-0.15, -0.1) is 0 Å². The Hall–Kier alpha value is -1.47. The minimum Gasteiger partial charge on any atom is -0.378 e. The zero-order chi connectivity index (χ0) is 18.5. The third-order valence-corrected chi connectivity index (χ3v) is 6.21. The Kier molecular flexibility index (Phi) is 6.39. The maximum atomic E-state index is 12.8. The number of benzene rings is 1. The molecule has 0 aromatic heterocycles. The van der Waals surface area contributed by atoms with Gasteiger partial charge in [0.15, 0.2) is 0 Å². The zero-order valence-electron chi connectivity index (χ0n) is 16.1. The average molecular weight is 373 g/mol. The van der Waals surface area contributed by atoms with Gasteiger partial charge in [-0.05, 0) is 37.8 Å². The molecule has 0 saturated carbocycles. The molecule has 3 aliphatic heterocycles. The number of carbonyl (C=O) groups is 1. The van der Waals surface area contributed by atoms with Gasteiger partial charge < -0.3 is 9.64 Å². The number of amides is 1. The molecule has 1 aromatic carbocycles. The predicted octanol–water partition coefficient (Wildman–Crippen LogP) is 1.18. The van der Waals surface area contributed by atoms with Crippen molar-refractivity contribution >= 4 is 5.91 Å². The summed E-state index contributed by atoms with van der Waals surface area (Å²) in [5, 5.41) is 0. The molecule has 3 unspecified atom stereocenters. The molecule has 3 atom stereocenters. The number of ether oxygens (including phenoxy) is 1. The van der Waals surface area contributed by atoms with E-state index in [1.54, 1.807) is 0 Å². The molecule has 6 nitrogen and oxygen atoms in total. The van der Waals surface area contributed by atoms with Crippen LogP contribution in [0.4, 0.5) is 0 Å². The van der Waals surface area contributed by atoms with Crippen molar-refractivity contribution < 1.29 is 9.53 Å². The molecule has 3 fully saturated rings. The van der Waals surface area contributed by atoms with Crippen LogP contribution < -0.4 is 10.9 Å². The number of carbonyl (C=O) groups excluding carboxylic acids is 1. The van der Waals surface area contributed by atoms with Crippen LogP contribution in [0.3, 0.4) is 0 Å². The Morgan fingerprint density at radius 1 is 1.07 bits per heavy atom. The number of likely N-dealkylation sites (tertiary alicyclic amines) is 1. The summed E-state index contributed by atoms with van der Waals surface area (Å²) in [7, 11) is 0. The van der Waals surface area contributed by atoms with Crippen molar-refractivity contribution in [3.8, 4) is 0 Å². The molecule has 3 saturated heterocycles. The number of nitrogens with zero attached hydrogens (tertiary/aromatic N) is 2. The van der Waals surface area contributed by atoms with Gasteiger partial charge in [-0.1, -0.05) is 36.8 Å². The summed E-state index contributed by atoms with van der Waals surface area (Å²) in [6.45, 7) is 5.01. The lowest BCUT2D eigenvalue weighted by Gasteiger charge is -2.39. The van der Waals surface area contributed by atoms with E-state index < -0.39 is 0 Å². The molecule has 4 rings (SSSR count). The molecular formula is C21H32N4O2. The largest absolute Gasteiger partial charge is 0.378 e. The van der Waals surface area contributed by atoms with Gasteiger partial charge >= 0.3 is 0 Å². The summed E-state index contributed by atoms with van der Waals surface area (Å²) in [5.74, 6) is 0.222. The lowest BCUT2D eigenvalue weighted by atomic mass is 9.92. The quantitative estimate of drug-likeness (QED) is 0.813. The number of nitrogens with one attached hydrogen (secondary N) is 2. The van der Waals surface area contributed by atoms with E-state index in [-0.39, 0.29) is 11.9 Å². The average Bonchev–Trinajstić information content (AvgIpc) is 3.23. The van der Waals surface area contributed by atoms with E-state index in [1.165, 1.54) is 24.8 Å². The molecule has 6 heteroatoms. The third-order valence-electron chi connectivity index (χ3n) is 6.21. The SMILES string of the molecule is O=C(C1CC(C2CCCCN2CCc2ccccc2)NN1)N1CCOCC1. The normalized spacial score (nSPS) is 29.8. The minimum atomic E-state index is -0.106. The zero-order valence-corrected chi connectivity index (χ0v) is 16.1. The Bertz CT molecular complexity index is 605. The second-order valence-corrected chi connectivity index (χ2v) is 7.96. The number of hydrogen-bond donors (Lipinski definition) is 2. The summed E-state index contributed by atoms with van der Waals surface area (Å²) in [6, 6.07) is 11.5. The molecule has 0 radical (unpaired) electrons. The molecular weight excluding hydrogens is 340 g/mol. The van der Waals surface area contributed by atoms with Crippen molar-refractivity contribution in [2.75, 3.05) is 39.4 Å². The highest BCUT2D eigenvalue weighted by Gasteiger charge is 2.38. The van der Waals surface area contributed by atoms with Crippen molar-refractivity contribution in [1.29, 1.82) is 0 Å². The van der Waals surface area contributed by atoms with Crippen molar-refractivity contribution in [3.05, 3.63) is 35.9 Å². The summed E-state index contributed by atoms with van der Waals surface area (Å²) in [6.07, 6.45) is 5.75. The van der Waals surface area contributed by atoms with Gasteiger partial charge in [0.25, 0.3) is 0 Å². The van der Waals surface area contributed by atoms with E-state index in [2.05, 4.69) is 46.1 Å². The van der Waals surface area contributed by atoms with Gasteiger partial charge in [0.05, 0.1) is 13.2 Å². The van der Waals surface area contributed by atoms with Crippen molar-refractivity contribution in [2.45, 2.75) is 50.2 Å². The van der Waals surface area contributed by atoms with Gasteiger partial charge in [0.2, 0.25) is 5.91 Å². The fourth-order valence-corrected chi connectivity index (χ4v) is 4.67. The molecule has 2 N–H and O–H groups in total. The van der Waals surface area contributed by atoms with Crippen LogP contribution in [0.1, 0.15) is 31.2 Å². The monoisotopic (exact) mass is 372 g/mol. The first-order valence-electron chi connectivity index (χ1n) is 10.5. The van der Waals surface area contributed by atoms with E-state index in [4.69, 9.17) is 4.74 Å². The fraction of sp³-hybridized carbons (Fsp3) is 0.667. The Morgan fingerprint density at radius 3 is 2.70 bits per heavy atom. The smallest absolute Gasteiger partial charge is 0.241 e. The van der Waals surface area contributed by atoms with Crippen LogP contribution in [0.15, 0.2) is 30.3 Å². The molecule has 3 heterocycles. The Balaban J connectivity index is 1.32. The third kappa shape index (κ3) is 4.69. The van der Waals surface area contributed by atoms with Crippen molar-refractivity contribution in [2.24, 2.45) is 0 Å². The standard InChI is InChI=1S/C21H32N4O2/c26-21(25-12-14-27-15-13-25)19-16-18(22-23-19)20-8-4-5-10-24(20)11-9-17-6-2-1-3-7-17/h1-3,6-7,18-20,22-23H,4-5,8-16H2. The van der Waals surface area contributed by atoms with E-state index in [9.17, 15) is 4.79 Å². The fourth-order valence-electron chi connectivity index (χ4n) is 4.67. The van der Waals surface area contributed by atoms with Crippen LogP contribution in [0.2, 0.25) is 0 Å².